The number of nitrogens with two attached hydrogens (primary N) is 1. The Morgan fingerprint density at radius 2 is 2.10 bits per heavy atom. The van der Waals surface area contributed by atoms with Gasteiger partial charge in [-0.2, -0.15) is 0 Å². The summed E-state index contributed by atoms with van der Waals surface area (Å²) >= 11 is 9.34. The number of nitrogen functional groups attached to an aromatic ring is 1. The quantitative estimate of drug-likeness (QED) is 0.620. The molecule has 0 aliphatic heterocycles. The largest absolute Gasteiger partial charge is 0.465 e. The Morgan fingerprint density at radius 3 is 2.76 bits per heavy atom. The number of esters is 1. The molecule has 0 aliphatic rings. The number of halogens is 3. The number of carbonyl (C=O) groups excluding carboxylic acids is 1. The van der Waals surface area contributed by atoms with E-state index < -0.39 is 11.8 Å². The molecule has 21 heavy (non-hydrogen) atoms. The fourth-order valence-electron chi connectivity index (χ4n) is 1.75. The van der Waals surface area contributed by atoms with Gasteiger partial charge in [0.2, 0.25) is 0 Å². The number of methoxy groups -OCH3 is 1. The van der Waals surface area contributed by atoms with Crippen molar-refractivity contribution < 1.29 is 13.9 Å². The molecule has 0 aromatic heterocycles. The monoisotopic (exact) mass is 372 g/mol. The highest BCUT2D eigenvalue weighted by atomic mass is 79.9. The minimum atomic E-state index is -0.623. The van der Waals surface area contributed by atoms with Crippen molar-refractivity contribution in [2.45, 2.75) is 0 Å². The molecule has 110 valence electrons. The summed E-state index contributed by atoms with van der Waals surface area (Å²) in [6, 6.07) is 7.26. The van der Waals surface area contributed by atoms with Crippen LogP contribution in [-0.4, -0.2) is 13.1 Å². The number of ether oxygens (including phenoxy) is 1. The van der Waals surface area contributed by atoms with Gasteiger partial charge in [-0.3, -0.25) is 0 Å². The molecular weight excluding hydrogens is 363 g/mol. The fourth-order valence-corrected chi connectivity index (χ4v) is 2.39. The van der Waals surface area contributed by atoms with E-state index in [1.807, 2.05) is 0 Å². The van der Waals surface area contributed by atoms with Crippen LogP contribution in [0.15, 0.2) is 34.8 Å². The molecule has 0 spiro atoms. The SMILES string of the molecule is COC(=O)c1cc(N)cc(Cl)c1Nc1cc(Br)ccc1F. The van der Waals surface area contributed by atoms with Gasteiger partial charge >= 0.3 is 5.97 Å². The third kappa shape index (κ3) is 3.46. The Kier molecular flexibility index (Phi) is 4.69. The topological polar surface area (TPSA) is 64.3 Å². The Bertz CT molecular complexity index is 710. The minimum absolute atomic E-state index is 0.127. The highest BCUT2D eigenvalue weighted by Gasteiger charge is 2.17. The Hall–Kier alpha value is -1.79. The van der Waals surface area contributed by atoms with Crippen molar-refractivity contribution in [3.05, 3.63) is 51.2 Å². The van der Waals surface area contributed by atoms with Crippen LogP contribution in [-0.2, 0) is 4.74 Å². The van der Waals surface area contributed by atoms with Gasteiger partial charge < -0.3 is 15.8 Å². The predicted molar refractivity (Wildman–Crippen MR) is 84.6 cm³/mol. The van der Waals surface area contributed by atoms with Gasteiger partial charge in [-0.15, -0.1) is 0 Å². The van der Waals surface area contributed by atoms with Crippen molar-refractivity contribution in [1.29, 1.82) is 0 Å². The molecule has 7 heteroatoms. The van der Waals surface area contributed by atoms with Gasteiger partial charge in [0.15, 0.2) is 0 Å². The lowest BCUT2D eigenvalue weighted by Crippen LogP contribution is -2.08. The summed E-state index contributed by atoms with van der Waals surface area (Å²) in [6.45, 7) is 0. The molecule has 0 bridgehead atoms. The van der Waals surface area contributed by atoms with Gasteiger partial charge in [0, 0.05) is 10.2 Å². The summed E-state index contributed by atoms with van der Waals surface area (Å²) in [5, 5.41) is 2.99. The lowest BCUT2D eigenvalue weighted by molar-refractivity contribution is 0.0602. The van der Waals surface area contributed by atoms with Crippen LogP contribution in [0.4, 0.5) is 21.5 Å². The molecule has 0 unspecified atom stereocenters. The third-order valence-electron chi connectivity index (χ3n) is 2.71. The molecule has 0 fully saturated rings. The Morgan fingerprint density at radius 1 is 1.38 bits per heavy atom. The zero-order chi connectivity index (χ0) is 15.6. The third-order valence-corrected chi connectivity index (χ3v) is 3.50. The van der Waals surface area contributed by atoms with Gasteiger partial charge in [-0.05, 0) is 30.3 Å². The number of nitrogens with one attached hydrogen (secondary N) is 1. The van der Waals surface area contributed by atoms with E-state index in [1.165, 1.54) is 31.4 Å². The van der Waals surface area contributed by atoms with Crippen LogP contribution in [0, 0.1) is 5.82 Å². The first kappa shape index (κ1) is 15.6. The number of hydrogen-bond acceptors (Lipinski definition) is 4. The fraction of sp³-hybridized carbons (Fsp3) is 0.0714. The molecule has 0 saturated carbocycles. The van der Waals surface area contributed by atoms with Crippen molar-refractivity contribution in [2.24, 2.45) is 0 Å². The second kappa shape index (κ2) is 6.32. The van der Waals surface area contributed by atoms with Crippen molar-refractivity contribution in [3.8, 4) is 0 Å². The van der Waals surface area contributed by atoms with E-state index in [2.05, 4.69) is 26.0 Å². The Labute approximate surface area is 134 Å². The second-order valence-electron chi connectivity index (χ2n) is 4.17. The van der Waals surface area contributed by atoms with E-state index in [-0.39, 0.29) is 22.0 Å². The van der Waals surface area contributed by atoms with Gasteiger partial charge in [-0.1, -0.05) is 27.5 Å². The zero-order valence-electron chi connectivity index (χ0n) is 10.9. The molecule has 0 atom stereocenters. The first-order valence-corrected chi connectivity index (χ1v) is 6.99. The van der Waals surface area contributed by atoms with E-state index in [1.54, 1.807) is 6.07 Å². The predicted octanol–water partition coefficient (Wildman–Crippen LogP) is 4.35. The minimum Gasteiger partial charge on any atom is -0.465 e. The van der Waals surface area contributed by atoms with Gasteiger partial charge in [0.1, 0.15) is 5.82 Å². The zero-order valence-corrected chi connectivity index (χ0v) is 13.3. The summed E-state index contributed by atoms with van der Waals surface area (Å²) < 4.78 is 19.2. The van der Waals surface area contributed by atoms with Crippen molar-refractivity contribution in [1.82, 2.24) is 0 Å². The second-order valence-corrected chi connectivity index (χ2v) is 5.49. The van der Waals surface area contributed by atoms with E-state index in [9.17, 15) is 9.18 Å². The van der Waals surface area contributed by atoms with E-state index >= 15 is 0 Å². The molecule has 2 aromatic carbocycles. The standard InChI is InChI=1S/C14H11BrClFN2O2/c1-21-14(20)9-5-8(18)6-10(16)13(9)19-12-4-7(15)2-3-11(12)17/h2-6,19H,18H2,1H3. The van der Waals surface area contributed by atoms with E-state index in [0.717, 1.165) is 0 Å². The van der Waals surface area contributed by atoms with Crippen LogP contribution in [0.1, 0.15) is 10.4 Å². The maximum absolute atomic E-state index is 13.8. The smallest absolute Gasteiger partial charge is 0.340 e. The molecular formula is C14H11BrClFN2O2. The highest BCUT2D eigenvalue weighted by molar-refractivity contribution is 9.10. The summed E-state index contributed by atoms with van der Waals surface area (Å²) in [7, 11) is 1.24. The van der Waals surface area contributed by atoms with Gasteiger partial charge in [0.05, 0.1) is 29.1 Å². The van der Waals surface area contributed by atoms with Crippen LogP contribution in [0.25, 0.3) is 0 Å². The number of carbonyl (C=O) groups is 1. The average Bonchev–Trinajstić information content (AvgIpc) is 2.44. The van der Waals surface area contributed by atoms with Crippen LogP contribution in [0.5, 0.6) is 0 Å². The van der Waals surface area contributed by atoms with Crippen LogP contribution in [0.3, 0.4) is 0 Å². The maximum Gasteiger partial charge on any atom is 0.340 e. The lowest BCUT2D eigenvalue weighted by atomic mass is 10.1. The van der Waals surface area contributed by atoms with E-state index in [0.29, 0.717) is 10.2 Å². The van der Waals surface area contributed by atoms with Crippen molar-refractivity contribution in [2.75, 3.05) is 18.2 Å². The normalized spacial score (nSPS) is 10.3. The van der Waals surface area contributed by atoms with Crippen LogP contribution in [0.2, 0.25) is 5.02 Å². The summed E-state index contributed by atoms with van der Waals surface area (Å²) in [4.78, 5) is 11.8. The van der Waals surface area contributed by atoms with Gasteiger partial charge in [-0.25, -0.2) is 9.18 Å². The number of benzene rings is 2. The molecule has 4 nitrogen and oxygen atoms in total. The molecule has 0 aliphatic carbocycles. The average molecular weight is 374 g/mol. The molecule has 3 N–H and O–H groups in total. The van der Waals surface area contributed by atoms with Crippen molar-refractivity contribution >= 4 is 50.6 Å². The maximum atomic E-state index is 13.8. The summed E-state index contributed by atoms with van der Waals surface area (Å²) in [5.74, 6) is -1.11. The first-order chi connectivity index (χ1) is 9.92. The van der Waals surface area contributed by atoms with Gasteiger partial charge in [0.25, 0.3) is 0 Å². The lowest BCUT2D eigenvalue weighted by Gasteiger charge is -2.14. The number of hydrogen-bond donors (Lipinski definition) is 2. The summed E-state index contributed by atoms with van der Waals surface area (Å²) in [5.41, 5.74) is 6.50. The summed E-state index contributed by atoms with van der Waals surface area (Å²) in [6.07, 6.45) is 0. The highest BCUT2D eigenvalue weighted by Crippen LogP contribution is 2.33. The molecule has 2 aromatic rings. The molecule has 0 saturated heterocycles. The molecule has 0 heterocycles. The number of rotatable bonds is 3. The Balaban J connectivity index is 2.53. The van der Waals surface area contributed by atoms with E-state index in [4.69, 9.17) is 17.3 Å². The van der Waals surface area contributed by atoms with Crippen LogP contribution < -0.4 is 11.1 Å². The molecule has 0 amide bonds. The van der Waals surface area contributed by atoms with Crippen molar-refractivity contribution in [3.63, 3.8) is 0 Å². The van der Waals surface area contributed by atoms with Crippen LogP contribution >= 0.6 is 27.5 Å². The molecule has 2 rings (SSSR count). The molecule has 0 radical (unpaired) electrons. The number of anilines is 3. The first-order valence-electron chi connectivity index (χ1n) is 5.81.